The molecule has 0 spiro atoms. The Hall–Kier alpha value is -2.56. The van der Waals surface area contributed by atoms with Crippen LogP contribution in [0.2, 0.25) is 0 Å². The number of hydrogen-bond acceptors (Lipinski definition) is 3. The lowest BCUT2D eigenvalue weighted by atomic mass is 10.2. The molecule has 2 rings (SSSR count). The van der Waals surface area contributed by atoms with E-state index in [0.717, 1.165) is 11.1 Å². The molecule has 0 saturated carbocycles. The number of anilines is 1. The number of ether oxygens (including phenoxy) is 1. The second kappa shape index (κ2) is 6.26. The second-order valence-corrected chi connectivity index (χ2v) is 4.92. The van der Waals surface area contributed by atoms with Gasteiger partial charge in [-0.3, -0.25) is 9.59 Å². The molecule has 0 aliphatic rings. The van der Waals surface area contributed by atoms with Crippen LogP contribution in [0.1, 0.15) is 11.1 Å². The summed E-state index contributed by atoms with van der Waals surface area (Å²) in [6.45, 7) is 3.74. The van der Waals surface area contributed by atoms with E-state index in [2.05, 4.69) is 5.32 Å². The Morgan fingerprint density at radius 1 is 1.19 bits per heavy atom. The minimum absolute atomic E-state index is 0.0315. The van der Waals surface area contributed by atoms with Crippen molar-refractivity contribution in [3.05, 3.63) is 58.0 Å². The first kappa shape index (κ1) is 14.8. The summed E-state index contributed by atoms with van der Waals surface area (Å²) in [5.41, 5.74) is 2.29. The molecule has 0 saturated heterocycles. The molecule has 0 aliphatic heterocycles. The lowest BCUT2D eigenvalue weighted by molar-refractivity contribution is -0.116. The van der Waals surface area contributed by atoms with Crippen molar-refractivity contribution in [2.75, 3.05) is 12.4 Å². The van der Waals surface area contributed by atoms with E-state index in [1.807, 2.05) is 26.0 Å². The summed E-state index contributed by atoms with van der Waals surface area (Å²) in [6, 6.07) is 8.82. The number of aryl methyl sites for hydroxylation is 2. The van der Waals surface area contributed by atoms with Gasteiger partial charge in [0, 0.05) is 12.3 Å². The van der Waals surface area contributed by atoms with E-state index in [0.29, 0.717) is 11.4 Å². The number of amides is 1. The topological polar surface area (TPSA) is 60.3 Å². The number of pyridine rings is 1. The average Bonchev–Trinajstić information content (AvgIpc) is 2.42. The zero-order chi connectivity index (χ0) is 15.4. The average molecular weight is 286 g/mol. The van der Waals surface area contributed by atoms with Gasteiger partial charge >= 0.3 is 0 Å². The molecule has 21 heavy (non-hydrogen) atoms. The van der Waals surface area contributed by atoms with Crippen LogP contribution in [0.3, 0.4) is 0 Å². The number of carbonyl (C=O) groups excluding carboxylic acids is 1. The summed E-state index contributed by atoms with van der Waals surface area (Å²) in [7, 11) is 1.55. The predicted molar refractivity (Wildman–Crippen MR) is 81.8 cm³/mol. The quantitative estimate of drug-likeness (QED) is 0.936. The molecule has 5 nitrogen and oxygen atoms in total. The van der Waals surface area contributed by atoms with E-state index in [4.69, 9.17) is 4.74 Å². The van der Waals surface area contributed by atoms with Crippen molar-refractivity contribution in [3.63, 3.8) is 0 Å². The fourth-order valence-corrected chi connectivity index (χ4v) is 2.00. The number of rotatable bonds is 4. The zero-order valence-corrected chi connectivity index (χ0v) is 12.3. The molecule has 0 unspecified atom stereocenters. The van der Waals surface area contributed by atoms with Crippen molar-refractivity contribution in [2.45, 2.75) is 20.4 Å². The van der Waals surface area contributed by atoms with Gasteiger partial charge in [0.1, 0.15) is 12.3 Å². The van der Waals surface area contributed by atoms with E-state index in [1.165, 1.54) is 10.6 Å². The highest BCUT2D eigenvalue weighted by atomic mass is 16.5. The Labute approximate surface area is 123 Å². The van der Waals surface area contributed by atoms with Gasteiger partial charge in [0.05, 0.1) is 12.8 Å². The molecular weight excluding hydrogens is 268 g/mol. The molecule has 0 radical (unpaired) electrons. The summed E-state index contributed by atoms with van der Waals surface area (Å²) in [4.78, 5) is 23.8. The summed E-state index contributed by atoms with van der Waals surface area (Å²) >= 11 is 0. The highest BCUT2D eigenvalue weighted by Crippen LogP contribution is 2.25. The summed E-state index contributed by atoms with van der Waals surface area (Å²) in [6.07, 6.45) is 1.62. The van der Waals surface area contributed by atoms with Gasteiger partial charge < -0.3 is 14.6 Å². The molecule has 0 bridgehead atoms. The van der Waals surface area contributed by atoms with Crippen LogP contribution in [0, 0.1) is 13.8 Å². The third kappa shape index (κ3) is 3.72. The van der Waals surface area contributed by atoms with Crippen molar-refractivity contribution in [2.24, 2.45) is 0 Å². The molecule has 2 aromatic rings. The van der Waals surface area contributed by atoms with E-state index < -0.39 is 0 Å². The number of nitrogens with zero attached hydrogens (tertiary/aromatic N) is 1. The van der Waals surface area contributed by atoms with Gasteiger partial charge in [-0.2, -0.15) is 0 Å². The Morgan fingerprint density at radius 3 is 2.57 bits per heavy atom. The standard InChI is InChI=1S/C16H18N2O3/c1-11-4-5-14(21-3)13(8-11)17-15(19)10-18-7-6-12(2)9-16(18)20/h4-9H,10H2,1-3H3,(H,17,19). The molecule has 0 fully saturated rings. The van der Waals surface area contributed by atoms with Gasteiger partial charge in [0.2, 0.25) is 5.91 Å². The Bertz CT molecular complexity index is 720. The Balaban J connectivity index is 2.15. The molecular formula is C16H18N2O3. The minimum Gasteiger partial charge on any atom is -0.495 e. The largest absolute Gasteiger partial charge is 0.495 e. The van der Waals surface area contributed by atoms with Crippen molar-refractivity contribution < 1.29 is 9.53 Å². The van der Waals surface area contributed by atoms with Crippen LogP contribution in [-0.2, 0) is 11.3 Å². The van der Waals surface area contributed by atoms with Crippen LogP contribution < -0.4 is 15.6 Å². The van der Waals surface area contributed by atoms with Crippen molar-refractivity contribution >= 4 is 11.6 Å². The van der Waals surface area contributed by atoms with E-state index in [9.17, 15) is 9.59 Å². The van der Waals surface area contributed by atoms with Crippen LogP contribution in [0.15, 0.2) is 41.3 Å². The molecule has 0 atom stereocenters. The number of nitrogens with one attached hydrogen (secondary N) is 1. The summed E-state index contributed by atoms with van der Waals surface area (Å²) in [5, 5.41) is 2.77. The van der Waals surface area contributed by atoms with Gasteiger partial charge in [-0.05, 0) is 43.2 Å². The zero-order valence-electron chi connectivity index (χ0n) is 12.3. The van der Waals surface area contributed by atoms with Crippen molar-refractivity contribution in [1.29, 1.82) is 0 Å². The fourth-order valence-electron chi connectivity index (χ4n) is 2.00. The number of aromatic nitrogens is 1. The minimum atomic E-state index is -0.273. The lowest BCUT2D eigenvalue weighted by Crippen LogP contribution is -2.27. The fraction of sp³-hybridized carbons (Fsp3) is 0.250. The van der Waals surface area contributed by atoms with Crippen LogP contribution in [-0.4, -0.2) is 17.6 Å². The van der Waals surface area contributed by atoms with Crippen molar-refractivity contribution in [1.82, 2.24) is 4.57 Å². The van der Waals surface area contributed by atoms with E-state index in [-0.39, 0.29) is 18.0 Å². The third-order valence-corrected chi connectivity index (χ3v) is 3.09. The molecule has 1 amide bonds. The number of methoxy groups -OCH3 is 1. The molecule has 1 aromatic carbocycles. The van der Waals surface area contributed by atoms with Crippen LogP contribution >= 0.6 is 0 Å². The highest BCUT2D eigenvalue weighted by Gasteiger charge is 2.09. The molecule has 1 heterocycles. The maximum Gasteiger partial charge on any atom is 0.251 e. The first-order valence-electron chi connectivity index (χ1n) is 6.61. The highest BCUT2D eigenvalue weighted by molar-refractivity contribution is 5.92. The van der Waals surface area contributed by atoms with Gasteiger partial charge in [-0.15, -0.1) is 0 Å². The molecule has 1 aromatic heterocycles. The number of hydrogen-bond donors (Lipinski definition) is 1. The van der Waals surface area contributed by atoms with Crippen molar-refractivity contribution in [3.8, 4) is 5.75 Å². The smallest absolute Gasteiger partial charge is 0.251 e. The van der Waals surface area contributed by atoms with Crippen LogP contribution in [0.25, 0.3) is 0 Å². The normalized spacial score (nSPS) is 10.2. The van der Waals surface area contributed by atoms with Crippen LogP contribution in [0.4, 0.5) is 5.69 Å². The molecule has 0 aliphatic carbocycles. The first-order valence-corrected chi connectivity index (χ1v) is 6.61. The van der Waals surface area contributed by atoms with E-state index in [1.54, 1.807) is 25.4 Å². The van der Waals surface area contributed by atoms with Gasteiger partial charge in [-0.1, -0.05) is 6.07 Å². The maximum atomic E-state index is 12.1. The molecule has 110 valence electrons. The predicted octanol–water partition coefficient (Wildman–Crippen LogP) is 2.11. The van der Waals surface area contributed by atoms with Crippen LogP contribution in [0.5, 0.6) is 5.75 Å². The molecule has 5 heteroatoms. The summed E-state index contributed by atoms with van der Waals surface area (Å²) in [5.74, 6) is 0.315. The van der Waals surface area contributed by atoms with E-state index >= 15 is 0 Å². The van der Waals surface area contributed by atoms with Gasteiger partial charge in [0.25, 0.3) is 5.56 Å². The summed E-state index contributed by atoms with van der Waals surface area (Å²) < 4.78 is 6.57. The third-order valence-electron chi connectivity index (χ3n) is 3.09. The number of carbonyl (C=O) groups is 1. The maximum absolute atomic E-state index is 12.1. The van der Waals surface area contributed by atoms with Gasteiger partial charge in [-0.25, -0.2) is 0 Å². The second-order valence-electron chi connectivity index (χ2n) is 4.92. The monoisotopic (exact) mass is 286 g/mol. The SMILES string of the molecule is COc1ccc(C)cc1NC(=O)Cn1ccc(C)cc1=O. The first-order chi connectivity index (χ1) is 9.99. The Kier molecular flexibility index (Phi) is 4.42. The van der Waals surface area contributed by atoms with Gasteiger partial charge in [0.15, 0.2) is 0 Å². The number of benzene rings is 1. The molecule has 1 N–H and O–H groups in total. The Morgan fingerprint density at radius 2 is 1.90 bits per heavy atom. The lowest BCUT2D eigenvalue weighted by Gasteiger charge is -2.12.